The molecular formula is C15H20FNO2. The molecule has 104 valence electrons. The van der Waals surface area contributed by atoms with Gasteiger partial charge in [-0.2, -0.15) is 0 Å². The Bertz CT molecular complexity index is 441. The van der Waals surface area contributed by atoms with Gasteiger partial charge in [0.25, 0.3) is 0 Å². The van der Waals surface area contributed by atoms with Gasteiger partial charge in [0.1, 0.15) is 11.9 Å². The number of nitrogen functional groups attached to an aromatic ring is 1. The van der Waals surface area contributed by atoms with Gasteiger partial charge in [-0.25, -0.2) is 9.18 Å². The number of ether oxygens (including phenoxy) is 1. The third-order valence-corrected chi connectivity index (χ3v) is 3.78. The fraction of sp³-hybridized carbons (Fsp3) is 0.533. The number of carbonyl (C=O) groups is 1. The van der Waals surface area contributed by atoms with E-state index in [1.165, 1.54) is 24.6 Å². The van der Waals surface area contributed by atoms with Gasteiger partial charge < -0.3 is 10.5 Å². The third-order valence-electron chi connectivity index (χ3n) is 3.78. The van der Waals surface area contributed by atoms with E-state index in [4.69, 9.17) is 10.5 Å². The van der Waals surface area contributed by atoms with E-state index in [0.29, 0.717) is 5.92 Å². The first kappa shape index (κ1) is 13.8. The van der Waals surface area contributed by atoms with E-state index >= 15 is 0 Å². The summed E-state index contributed by atoms with van der Waals surface area (Å²) in [7, 11) is 0. The van der Waals surface area contributed by atoms with Crippen LogP contribution in [0.3, 0.4) is 0 Å². The van der Waals surface area contributed by atoms with Crippen molar-refractivity contribution in [2.45, 2.75) is 45.1 Å². The second kappa shape index (κ2) is 6.04. The molecule has 4 heteroatoms. The molecule has 2 rings (SSSR count). The van der Waals surface area contributed by atoms with Crippen LogP contribution >= 0.6 is 0 Å². The lowest BCUT2D eigenvalue weighted by Gasteiger charge is -2.30. The number of hydrogen-bond acceptors (Lipinski definition) is 3. The average molecular weight is 265 g/mol. The molecule has 0 spiro atoms. The molecule has 1 aliphatic rings. The molecule has 1 aliphatic carbocycles. The molecule has 2 atom stereocenters. The maximum absolute atomic E-state index is 13.2. The molecule has 0 amide bonds. The Morgan fingerprint density at radius 2 is 2.11 bits per heavy atom. The van der Waals surface area contributed by atoms with Crippen molar-refractivity contribution >= 4 is 11.7 Å². The standard InChI is InChI=1S/C15H20FNO2/c1-2-10-5-3-4-6-14(10)19-15(18)11-7-12(16)9-13(17)8-11/h7-10,14H,2-6,17H2,1H3. The number of hydrogen-bond donors (Lipinski definition) is 1. The number of rotatable bonds is 3. The van der Waals surface area contributed by atoms with Crippen LogP contribution in [0.5, 0.6) is 0 Å². The zero-order valence-corrected chi connectivity index (χ0v) is 11.2. The van der Waals surface area contributed by atoms with E-state index in [2.05, 4.69) is 6.92 Å². The highest BCUT2D eigenvalue weighted by Crippen LogP contribution is 2.29. The summed E-state index contributed by atoms with van der Waals surface area (Å²) in [6, 6.07) is 3.81. The Labute approximate surface area is 112 Å². The van der Waals surface area contributed by atoms with Crippen LogP contribution in [0.2, 0.25) is 0 Å². The first-order chi connectivity index (χ1) is 9.10. The van der Waals surface area contributed by atoms with Gasteiger partial charge in [0.05, 0.1) is 5.56 Å². The predicted molar refractivity (Wildman–Crippen MR) is 72.3 cm³/mol. The number of anilines is 1. The summed E-state index contributed by atoms with van der Waals surface area (Å²) in [4.78, 5) is 12.0. The van der Waals surface area contributed by atoms with Crippen LogP contribution in [0, 0.1) is 11.7 Å². The lowest BCUT2D eigenvalue weighted by molar-refractivity contribution is 0.000671. The molecule has 0 radical (unpaired) electrons. The quantitative estimate of drug-likeness (QED) is 0.672. The Balaban J connectivity index is 2.07. The highest BCUT2D eigenvalue weighted by atomic mass is 19.1. The summed E-state index contributed by atoms with van der Waals surface area (Å²) in [6.07, 6.45) is 5.23. The SMILES string of the molecule is CCC1CCCCC1OC(=O)c1cc(N)cc(F)c1. The minimum atomic E-state index is -0.511. The molecule has 0 bridgehead atoms. The van der Waals surface area contributed by atoms with Crippen molar-refractivity contribution in [3.05, 3.63) is 29.6 Å². The van der Waals surface area contributed by atoms with E-state index in [-0.39, 0.29) is 17.4 Å². The minimum absolute atomic E-state index is 0.0456. The molecule has 19 heavy (non-hydrogen) atoms. The summed E-state index contributed by atoms with van der Waals surface area (Å²) in [5.41, 5.74) is 5.97. The lowest BCUT2D eigenvalue weighted by atomic mass is 9.85. The van der Waals surface area contributed by atoms with Gasteiger partial charge in [0.2, 0.25) is 0 Å². The summed E-state index contributed by atoms with van der Waals surface area (Å²) in [5, 5.41) is 0. The lowest BCUT2D eigenvalue weighted by Crippen LogP contribution is -2.29. The van der Waals surface area contributed by atoms with Gasteiger partial charge in [-0.05, 0) is 49.8 Å². The normalized spacial score (nSPS) is 23.1. The molecule has 1 aromatic carbocycles. The number of benzene rings is 1. The van der Waals surface area contributed by atoms with Crippen molar-refractivity contribution in [2.75, 3.05) is 5.73 Å². The fourth-order valence-corrected chi connectivity index (χ4v) is 2.73. The van der Waals surface area contributed by atoms with Crippen LogP contribution in [-0.4, -0.2) is 12.1 Å². The van der Waals surface area contributed by atoms with Crippen molar-refractivity contribution in [1.29, 1.82) is 0 Å². The van der Waals surface area contributed by atoms with Crippen LogP contribution in [0.15, 0.2) is 18.2 Å². The van der Waals surface area contributed by atoms with Crippen LogP contribution in [-0.2, 0) is 4.74 Å². The fourth-order valence-electron chi connectivity index (χ4n) is 2.73. The number of nitrogens with two attached hydrogens (primary N) is 1. The van der Waals surface area contributed by atoms with E-state index in [1.54, 1.807) is 0 Å². The van der Waals surface area contributed by atoms with Gasteiger partial charge in [-0.15, -0.1) is 0 Å². The van der Waals surface area contributed by atoms with Crippen molar-refractivity contribution in [1.82, 2.24) is 0 Å². The highest BCUT2D eigenvalue weighted by Gasteiger charge is 2.27. The van der Waals surface area contributed by atoms with E-state index in [1.807, 2.05) is 0 Å². The molecule has 0 heterocycles. The molecule has 2 N–H and O–H groups in total. The topological polar surface area (TPSA) is 52.3 Å². The number of carbonyl (C=O) groups excluding carboxylic acids is 1. The average Bonchev–Trinajstić information content (AvgIpc) is 2.38. The van der Waals surface area contributed by atoms with Gasteiger partial charge in [0.15, 0.2) is 0 Å². The minimum Gasteiger partial charge on any atom is -0.458 e. The zero-order chi connectivity index (χ0) is 13.8. The van der Waals surface area contributed by atoms with E-state index < -0.39 is 11.8 Å². The Morgan fingerprint density at radius 3 is 2.79 bits per heavy atom. The van der Waals surface area contributed by atoms with Crippen molar-refractivity contribution < 1.29 is 13.9 Å². The molecule has 0 saturated heterocycles. The van der Waals surface area contributed by atoms with Crippen LogP contribution < -0.4 is 5.73 Å². The summed E-state index contributed by atoms with van der Waals surface area (Å²) in [6.45, 7) is 2.11. The molecule has 1 aromatic rings. The smallest absolute Gasteiger partial charge is 0.338 e. The van der Waals surface area contributed by atoms with Gasteiger partial charge in [-0.3, -0.25) is 0 Å². The number of esters is 1. The van der Waals surface area contributed by atoms with Gasteiger partial charge in [-0.1, -0.05) is 13.3 Å². The molecule has 0 aliphatic heterocycles. The maximum Gasteiger partial charge on any atom is 0.338 e. The monoisotopic (exact) mass is 265 g/mol. The van der Waals surface area contributed by atoms with Crippen molar-refractivity contribution in [3.8, 4) is 0 Å². The number of halogens is 1. The van der Waals surface area contributed by atoms with Crippen molar-refractivity contribution in [3.63, 3.8) is 0 Å². The molecule has 2 unspecified atom stereocenters. The predicted octanol–water partition coefficient (Wildman–Crippen LogP) is 3.53. The maximum atomic E-state index is 13.2. The zero-order valence-electron chi connectivity index (χ0n) is 11.2. The van der Waals surface area contributed by atoms with Gasteiger partial charge >= 0.3 is 5.97 Å². The second-order valence-corrected chi connectivity index (χ2v) is 5.17. The van der Waals surface area contributed by atoms with Crippen LogP contribution in [0.25, 0.3) is 0 Å². The molecule has 1 fully saturated rings. The third kappa shape index (κ3) is 3.46. The molecular weight excluding hydrogens is 245 g/mol. The molecule has 1 saturated carbocycles. The molecule has 3 nitrogen and oxygen atoms in total. The summed E-state index contributed by atoms with van der Waals surface area (Å²) in [5.74, 6) is -0.567. The molecule has 0 aromatic heterocycles. The van der Waals surface area contributed by atoms with E-state index in [9.17, 15) is 9.18 Å². The van der Waals surface area contributed by atoms with Crippen LogP contribution in [0.1, 0.15) is 49.4 Å². The first-order valence-corrected chi connectivity index (χ1v) is 6.87. The van der Waals surface area contributed by atoms with Crippen LogP contribution in [0.4, 0.5) is 10.1 Å². The Kier molecular flexibility index (Phi) is 4.40. The first-order valence-electron chi connectivity index (χ1n) is 6.87. The summed E-state index contributed by atoms with van der Waals surface area (Å²) >= 11 is 0. The second-order valence-electron chi connectivity index (χ2n) is 5.17. The Morgan fingerprint density at radius 1 is 1.37 bits per heavy atom. The largest absolute Gasteiger partial charge is 0.458 e. The van der Waals surface area contributed by atoms with Gasteiger partial charge in [0, 0.05) is 5.69 Å². The Hall–Kier alpha value is -1.58. The van der Waals surface area contributed by atoms with Crippen molar-refractivity contribution in [2.24, 2.45) is 5.92 Å². The highest BCUT2D eigenvalue weighted by molar-refractivity contribution is 5.90. The van der Waals surface area contributed by atoms with E-state index in [0.717, 1.165) is 25.7 Å². The summed E-state index contributed by atoms with van der Waals surface area (Å²) < 4.78 is 18.8.